The molecule has 0 aliphatic rings. The number of thiazole rings is 1. The van der Waals surface area contributed by atoms with E-state index in [9.17, 15) is 18.3 Å². The molecule has 0 radical (unpaired) electrons. The maximum atomic E-state index is 12.5. The normalized spacial score (nSPS) is 13.3. The average molecular weight is 302 g/mol. The summed E-state index contributed by atoms with van der Waals surface area (Å²) >= 11 is 0.457. The minimum atomic E-state index is -4.48. The van der Waals surface area contributed by atoms with Crippen LogP contribution in [0.4, 0.5) is 18.9 Å². The Morgan fingerprint density at radius 2 is 2.00 bits per heavy atom. The topological polar surface area (TPSA) is 36.4 Å². The SMILES string of the molecule is CN(C)c1cccc(C(O)c2cnc(C(F)(F)F)s2)c1. The van der Waals surface area contributed by atoms with E-state index in [2.05, 4.69) is 4.98 Å². The fourth-order valence-corrected chi connectivity index (χ4v) is 2.48. The Kier molecular flexibility index (Phi) is 4.01. The van der Waals surface area contributed by atoms with Crippen LogP contribution in [0.1, 0.15) is 21.6 Å². The molecule has 0 aliphatic heterocycles. The zero-order valence-electron chi connectivity index (χ0n) is 10.8. The summed E-state index contributed by atoms with van der Waals surface area (Å²) in [6.07, 6.45) is -4.52. The molecular formula is C13H13F3N2OS. The lowest BCUT2D eigenvalue weighted by atomic mass is 10.1. The first-order valence-corrected chi connectivity index (χ1v) is 6.59. The Bertz CT molecular complexity index is 595. The summed E-state index contributed by atoms with van der Waals surface area (Å²) in [5.74, 6) is 0. The summed E-state index contributed by atoms with van der Waals surface area (Å²) in [4.78, 5) is 5.34. The minimum Gasteiger partial charge on any atom is -0.383 e. The van der Waals surface area contributed by atoms with E-state index in [1.165, 1.54) is 0 Å². The third-order valence-electron chi connectivity index (χ3n) is 2.74. The third kappa shape index (κ3) is 3.10. The standard InChI is InChI=1S/C13H13F3N2OS/c1-18(2)9-5-3-4-8(6-9)11(19)10-7-17-12(20-10)13(14,15)16/h3-7,11,19H,1-2H3. The average Bonchev–Trinajstić information content (AvgIpc) is 2.87. The number of aliphatic hydroxyl groups is 1. The van der Waals surface area contributed by atoms with Gasteiger partial charge in [-0.1, -0.05) is 12.1 Å². The number of aromatic nitrogens is 1. The maximum absolute atomic E-state index is 12.5. The highest BCUT2D eigenvalue weighted by atomic mass is 32.1. The number of aliphatic hydroxyl groups excluding tert-OH is 1. The fourth-order valence-electron chi connectivity index (χ4n) is 1.68. The van der Waals surface area contributed by atoms with Crippen LogP contribution in [0.15, 0.2) is 30.5 Å². The molecule has 0 spiro atoms. The molecular weight excluding hydrogens is 289 g/mol. The van der Waals surface area contributed by atoms with Gasteiger partial charge in [0, 0.05) is 26.0 Å². The van der Waals surface area contributed by atoms with Gasteiger partial charge in [-0.05, 0) is 17.7 Å². The highest BCUT2D eigenvalue weighted by Gasteiger charge is 2.35. The van der Waals surface area contributed by atoms with Crippen molar-refractivity contribution >= 4 is 17.0 Å². The van der Waals surface area contributed by atoms with E-state index in [4.69, 9.17) is 0 Å². The van der Waals surface area contributed by atoms with Crippen molar-refractivity contribution in [3.05, 3.63) is 45.9 Å². The summed E-state index contributed by atoms with van der Waals surface area (Å²) in [6.45, 7) is 0. The molecule has 1 unspecified atom stereocenters. The Labute approximate surface area is 118 Å². The quantitative estimate of drug-likeness (QED) is 0.945. The van der Waals surface area contributed by atoms with E-state index in [0.29, 0.717) is 16.9 Å². The third-order valence-corrected chi connectivity index (χ3v) is 3.83. The molecule has 1 aromatic heterocycles. The molecule has 1 heterocycles. The van der Waals surface area contributed by atoms with E-state index in [-0.39, 0.29) is 4.88 Å². The summed E-state index contributed by atoms with van der Waals surface area (Å²) < 4.78 is 37.5. The van der Waals surface area contributed by atoms with Crippen molar-refractivity contribution in [1.82, 2.24) is 4.98 Å². The van der Waals surface area contributed by atoms with Crippen molar-refractivity contribution in [1.29, 1.82) is 0 Å². The van der Waals surface area contributed by atoms with Gasteiger partial charge in [0.1, 0.15) is 6.10 Å². The molecule has 0 aliphatic carbocycles. The predicted octanol–water partition coefficient (Wildman–Crippen LogP) is 3.31. The van der Waals surface area contributed by atoms with Crippen LogP contribution in [0.25, 0.3) is 0 Å². The van der Waals surface area contributed by atoms with Gasteiger partial charge in [-0.25, -0.2) is 4.98 Å². The minimum absolute atomic E-state index is 0.174. The number of alkyl halides is 3. The summed E-state index contributed by atoms with van der Waals surface area (Å²) in [6, 6.07) is 7.01. The monoisotopic (exact) mass is 302 g/mol. The highest BCUT2D eigenvalue weighted by Crippen LogP contribution is 2.36. The second-order valence-electron chi connectivity index (χ2n) is 4.46. The van der Waals surface area contributed by atoms with Gasteiger partial charge in [0.15, 0.2) is 5.01 Å². The van der Waals surface area contributed by atoms with Crippen molar-refractivity contribution in [3.8, 4) is 0 Å². The molecule has 0 saturated carbocycles. The molecule has 108 valence electrons. The molecule has 3 nitrogen and oxygen atoms in total. The molecule has 20 heavy (non-hydrogen) atoms. The lowest BCUT2D eigenvalue weighted by Gasteiger charge is -2.15. The van der Waals surface area contributed by atoms with E-state index in [1.54, 1.807) is 18.2 Å². The van der Waals surface area contributed by atoms with E-state index < -0.39 is 17.3 Å². The predicted molar refractivity (Wildman–Crippen MR) is 71.9 cm³/mol. The lowest BCUT2D eigenvalue weighted by molar-refractivity contribution is -0.137. The fraction of sp³-hybridized carbons (Fsp3) is 0.308. The molecule has 0 bridgehead atoms. The summed E-state index contributed by atoms with van der Waals surface area (Å²) in [7, 11) is 3.69. The second kappa shape index (κ2) is 5.41. The van der Waals surface area contributed by atoms with E-state index >= 15 is 0 Å². The van der Waals surface area contributed by atoms with Crippen LogP contribution in [0.2, 0.25) is 0 Å². The molecule has 1 atom stereocenters. The second-order valence-corrected chi connectivity index (χ2v) is 5.52. The van der Waals surface area contributed by atoms with Crippen LogP contribution in [0, 0.1) is 0 Å². The molecule has 1 N–H and O–H groups in total. The number of hydrogen-bond donors (Lipinski definition) is 1. The van der Waals surface area contributed by atoms with Crippen molar-refractivity contribution in [2.75, 3.05) is 19.0 Å². The van der Waals surface area contributed by atoms with Gasteiger partial charge >= 0.3 is 6.18 Å². The molecule has 0 fully saturated rings. The van der Waals surface area contributed by atoms with Crippen LogP contribution >= 0.6 is 11.3 Å². The van der Waals surface area contributed by atoms with Gasteiger partial charge in [-0.15, -0.1) is 11.3 Å². The largest absolute Gasteiger partial charge is 0.443 e. The first-order valence-electron chi connectivity index (χ1n) is 5.77. The van der Waals surface area contributed by atoms with Gasteiger partial charge < -0.3 is 10.0 Å². The molecule has 7 heteroatoms. The molecule has 0 amide bonds. The smallest absolute Gasteiger partial charge is 0.383 e. The van der Waals surface area contributed by atoms with Crippen molar-refractivity contribution in [2.24, 2.45) is 0 Å². The van der Waals surface area contributed by atoms with Gasteiger partial charge in [0.05, 0.1) is 4.88 Å². The highest BCUT2D eigenvalue weighted by molar-refractivity contribution is 7.11. The molecule has 2 aromatic rings. The number of rotatable bonds is 3. The van der Waals surface area contributed by atoms with Crippen LogP contribution in [-0.4, -0.2) is 24.2 Å². The van der Waals surface area contributed by atoms with Crippen molar-refractivity contribution < 1.29 is 18.3 Å². The first kappa shape index (κ1) is 14.8. The van der Waals surface area contributed by atoms with E-state index in [0.717, 1.165) is 11.9 Å². The number of hydrogen-bond acceptors (Lipinski definition) is 4. The van der Waals surface area contributed by atoms with E-state index in [1.807, 2.05) is 25.1 Å². The maximum Gasteiger partial charge on any atom is 0.443 e. The van der Waals surface area contributed by atoms with Gasteiger partial charge in [-0.3, -0.25) is 0 Å². The van der Waals surface area contributed by atoms with Gasteiger partial charge in [0.2, 0.25) is 0 Å². The van der Waals surface area contributed by atoms with Crippen molar-refractivity contribution in [3.63, 3.8) is 0 Å². The van der Waals surface area contributed by atoms with Crippen molar-refractivity contribution in [2.45, 2.75) is 12.3 Å². The number of benzene rings is 1. The Morgan fingerprint density at radius 1 is 1.30 bits per heavy atom. The van der Waals surface area contributed by atoms with Gasteiger partial charge in [0.25, 0.3) is 0 Å². The molecule has 0 saturated heterocycles. The van der Waals surface area contributed by atoms with Crippen LogP contribution in [-0.2, 0) is 6.18 Å². The number of nitrogens with zero attached hydrogens (tertiary/aromatic N) is 2. The summed E-state index contributed by atoms with van der Waals surface area (Å²) in [5, 5.41) is 9.21. The Hall–Kier alpha value is -1.60. The van der Waals surface area contributed by atoms with Crippen LogP contribution in [0.5, 0.6) is 0 Å². The summed E-state index contributed by atoms with van der Waals surface area (Å²) in [5.41, 5.74) is 1.40. The van der Waals surface area contributed by atoms with Crippen LogP contribution < -0.4 is 4.90 Å². The molecule has 2 rings (SSSR count). The first-order chi connectivity index (χ1) is 9.29. The number of halogens is 3. The molecule has 1 aromatic carbocycles. The van der Waals surface area contributed by atoms with Crippen LogP contribution in [0.3, 0.4) is 0 Å². The lowest BCUT2D eigenvalue weighted by Crippen LogP contribution is -2.09. The zero-order valence-corrected chi connectivity index (χ0v) is 11.7. The number of anilines is 1. The zero-order chi connectivity index (χ0) is 14.9. The van der Waals surface area contributed by atoms with Gasteiger partial charge in [-0.2, -0.15) is 13.2 Å². The Morgan fingerprint density at radius 3 is 2.55 bits per heavy atom. The Balaban J connectivity index is 2.29.